The molecule has 0 radical (unpaired) electrons. The van der Waals surface area contributed by atoms with Gasteiger partial charge in [0.05, 0.1) is 6.04 Å². The minimum Gasteiger partial charge on any atom is -0.271 e. The summed E-state index contributed by atoms with van der Waals surface area (Å²) in [7, 11) is 0. The van der Waals surface area contributed by atoms with Gasteiger partial charge in [-0.2, -0.15) is 0 Å². The van der Waals surface area contributed by atoms with Crippen molar-refractivity contribution >= 4 is 15.9 Å². The molecule has 0 spiro atoms. The summed E-state index contributed by atoms with van der Waals surface area (Å²) in [5, 5.41) is 0. The van der Waals surface area contributed by atoms with Gasteiger partial charge in [0.2, 0.25) is 0 Å². The fourth-order valence-corrected chi connectivity index (χ4v) is 3.02. The highest BCUT2D eigenvalue weighted by atomic mass is 79.9. The summed E-state index contributed by atoms with van der Waals surface area (Å²) in [4.78, 5) is 0. The Hall–Kier alpha value is -1.23. The Morgan fingerprint density at radius 1 is 1.20 bits per heavy atom. The van der Waals surface area contributed by atoms with Crippen molar-refractivity contribution in [1.29, 1.82) is 0 Å². The fourth-order valence-electron chi connectivity index (χ4n) is 2.25. The lowest BCUT2D eigenvalue weighted by Crippen LogP contribution is -2.30. The SMILES string of the molecule is Cc1ccc(C(Cc2cc(F)ccc2C)NN)c(Br)c1. The Morgan fingerprint density at radius 2 is 1.95 bits per heavy atom. The van der Waals surface area contributed by atoms with Crippen molar-refractivity contribution < 1.29 is 4.39 Å². The van der Waals surface area contributed by atoms with E-state index >= 15 is 0 Å². The van der Waals surface area contributed by atoms with Gasteiger partial charge in [-0.25, -0.2) is 4.39 Å². The van der Waals surface area contributed by atoms with Gasteiger partial charge in [-0.05, 0) is 60.7 Å². The minimum atomic E-state index is -0.218. The molecule has 0 aromatic heterocycles. The van der Waals surface area contributed by atoms with Crippen molar-refractivity contribution in [2.45, 2.75) is 26.3 Å². The maximum absolute atomic E-state index is 13.4. The third kappa shape index (κ3) is 3.45. The van der Waals surface area contributed by atoms with Crippen LogP contribution < -0.4 is 11.3 Å². The predicted molar refractivity (Wildman–Crippen MR) is 83.8 cm³/mol. The number of rotatable bonds is 4. The third-order valence-electron chi connectivity index (χ3n) is 3.47. The molecule has 4 heteroatoms. The Morgan fingerprint density at radius 3 is 2.60 bits per heavy atom. The molecule has 1 atom stereocenters. The van der Waals surface area contributed by atoms with Crippen molar-refractivity contribution in [3.05, 3.63) is 68.9 Å². The molecule has 0 fully saturated rings. The summed E-state index contributed by atoms with van der Waals surface area (Å²) in [5.74, 6) is 5.46. The lowest BCUT2D eigenvalue weighted by atomic mass is 9.96. The van der Waals surface area contributed by atoms with E-state index in [1.165, 1.54) is 11.6 Å². The smallest absolute Gasteiger partial charge is 0.123 e. The van der Waals surface area contributed by atoms with E-state index in [0.29, 0.717) is 6.42 Å². The Kier molecular flexibility index (Phi) is 4.91. The van der Waals surface area contributed by atoms with Crippen LogP contribution in [0.25, 0.3) is 0 Å². The first-order valence-electron chi connectivity index (χ1n) is 6.48. The Bertz CT molecular complexity index is 613. The molecule has 0 aliphatic rings. The lowest BCUT2D eigenvalue weighted by Gasteiger charge is -2.19. The standard InChI is InChI=1S/C16H18BrFN2/c1-10-3-6-14(15(17)7-10)16(20-19)9-12-8-13(18)5-4-11(12)2/h3-8,16,20H,9,19H2,1-2H3. The predicted octanol–water partition coefficient (Wildman–Crippen LogP) is 3.95. The van der Waals surface area contributed by atoms with Crippen molar-refractivity contribution in [2.24, 2.45) is 5.84 Å². The van der Waals surface area contributed by atoms with Gasteiger partial charge < -0.3 is 0 Å². The van der Waals surface area contributed by atoms with E-state index in [-0.39, 0.29) is 11.9 Å². The van der Waals surface area contributed by atoms with Crippen LogP contribution in [0.4, 0.5) is 4.39 Å². The number of aryl methyl sites for hydroxylation is 2. The van der Waals surface area contributed by atoms with Crippen LogP contribution in [0.1, 0.15) is 28.3 Å². The fraction of sp³-hybridized carbons (Fsp3) is 0.250. The third-order valence-corrected chi connectivity index (χ3v) is 4.15. The van der Waals surface area contributed by atoms with E-state index in [1.54, 1.807) is 12.1 Å². The Balaban J connectivity index is 2.31. The molecule has 0 amide bonds. The van der Waals surface area contributed by atoms with E-state index in [2.05, 4.69) is 27.4 Å². The normalized spacial score (nSPS) is 12.4. The molecule has 1 unspecified atom stereocenters. The number of nitrogens with two attached hydrogens (primary N) is 1. The maximum Gasteiger partial charge on any atom is 0.123 e. The lowest BCUT2D eigenvalue weighted by molar-refractivity contribution is 0.545. The van der Waals surface area contributed by atoms with Gasteiger partial charge in [0, 0.05) is 4.47 Å². The van der Waals surface area contributed by atoms with Crippen LogP contribution in [-0.2, 0) is 6.42 Å². The average molecular weight is 337 g/mol. The van der Waals surface area contributed by atoms with Gasteiger partial charge in [-0.1, -0.05) is 34.1 Å². The van der Waals surface area contributed by atoms with Gasteiger partial charge in [0.25, 0.3) is 0 Å². The zero-order valence-electron chi connectivity index (χ0n) is 11.6. The number of nitrogens with one attached hydrogen (secondary N) is 1. The number of hydrogen-bond acceptors (Lipinski definition) is 2. The molecule has 0 aliphatic carbocycles. The van der Waals surface area contributed by atoms with Crippen LogP contribution in [0.3, 0.4) is 0 Å². The molecule has 3 N–H and O–H groups in total. The first kappa shape index (κ1) is 15.2. The van der Waals surface area contributed by atoms with E-state index < -0.39 is 0 Å². The van der Waals surface area contributed by atoms with E-state index in [0.717, 1.165) is 21.2 Å². The monoisotopic (exact) mass is 336 g/mol. The molecule has 0 aliphatic heterocycles. The molecule has 2 rings (SSSR count). The minimum absolute atomic E-state index is 0.0644. The largest absolute Gasteiger partial charge is 0.271 e. The van der Waals surface area contributed by atoms with E-state index in [1.807, 2.05) is 26.0 Å². The quantitative estimate of drug-likeness (QED) is 0.655. The summed E-state index contributed by atoms with van der Waals surface area (Å²) in [6, 6.07) is 10.9. The Labute approximate surface area is 127 Å². The number of benzene rings is 2. The molecule has 2 aromatic carbocycles. The van der Waals surface area contributed by atoms with E-state index in [9.17, 15) is 4.39 Å². The van der Waals surface area contributed by atoms with Gasteiger partial charge in [-0.3, -0.25) is 11.3 Å². The number of halogens is 2. The molecule has 106 valence electrons. The molecule has 0 saturated carbocycles. The van der Waals surface area contributed by atoms with Crippen LogP contribution in [0.15, 0.2) is 40.9 Å². The topological polar surface area (TPSA) is 38.0 Å². The van der Waals surface area contributed by atoms with Crippen LogP contribution >= 0.6 is 15.9 Å². The zero-order valence-corrected chi connectivity index (χ0v) is 13.2. The summed E-state index contributed by atoms with van der Waals surface area (Å²) < 4.78 is 14.4. The highest BCUT2D eigenvalue weighted by Crippen LogP contribution is 2.27. The van der Waals surface area contributed by atoms with E-state index in [4.69, 9.17) is 5.84 Å². The van der Waals surface area contributed by atoms with Crippen molar-refractivity contribution in [3.63, 3.8) is 0 Å². The summed E-state index contributed by atoms with van der Waals surface area (Å²) >= 11 is 3.57. The van der Waals surface area contributed by atoms with Crippen LogP contribution in [-0.4, -0.2) is 0 Å². The average Bonchev–Trinajstić information content (AvgIpc) is 2.40. The number of hydrogen-bond donors (Lipinski definition) is 2. The molecule has 2 aromatic rings. The molecule has 0 heterocycles. The van der Waals surface area contributed by atoms with Crippen LogP contribution in [0, 0.1) is 19.7 Å². The van der Waals surface area contributed by atoms with Gasteiger partial charge in [0.1, 0.15) is 5.82 Å². The maximum atomic E-state index is 13.4. The van der Waals surface area contributed by atoms with Crippen LogP contribution in [0.5, 0.6) is 0 Å². The summed E-state index contributed by atoms with van der Waals surface area (Å²) in [5.41, 5.74) is 7.09. The van der Waals surface area contributed by atoms with Gasteiger partial charge in [-0.15, -0.1) is 0 Å². The summed E-state index contributed by atoms with van der Waals surface area (Å²) in [6.45, 7) is 4.02. The zero-order chi connectivity index (χ0) is 14.7. The first-order chi connectivity index (χ1) is 9.51. The second kappa shape index (κ2) is 6.48. The second-order valence-corrected chi connectivity index (χ2v) is 5.87. The molecular weight excluding hydrogens is 319 g/mol. The van der Waals surface area contributed by atoms with Crippen molar-refractivity contribution in [2.75, 3.05) is 0 Å². The van der Waals surface area contributed by atoms with Crippen LogP contribution in [0.2, 0.25) is 0 Å². The van der Waals surface area contributed by atoms with Crippen molar-refractivity contribution in [1.82, 2.24) is 5.43 Å². The highest BCUT2D eigenvalue weighted by molar-refractivity contribution is 9.10. The van der Waals surface area contributed by atoms with Gasteiger partial charge >= 0.3 is 0 Å². The van der Waals surface area contributed by atoms with Crippen molar-refractivity contribution in [3.8, 4) is 0 Å². The second-order valence-electron chi connectivity index (χ2n) is 5.02. The highest BCUT2D eigenvalue weighted by Gasteiger charge is 2.15. The molecule has 2 nitrogen and oxygen atoms in total. The summed E-state index contributed by atoms with van der Waals surface area (Å²) in [6.07, 6.45) is 0.641. The molecule has 0 saturated heterocycles. The molecule has 20 heavy (non-hydrogen) atoms. The molecule has 0 bridgehead atoms. The molecular formula is C16H18BrFN2. The first-order valence-corrected chi connectivity index (χ1v) is 7.27. The van der Waals surface area contributed by atoms with Gasteiger partial charge in [0.15, 0.2) is 0 Å². The number of hydrazine groups is 1.